The van der Waals surface area contributed by atoms with Gasteiger partial charge in [0, 0.05) is 12.6 Å². The van der Waals surface area contributed by atoms with Crippen LogP contribution in [-0.2, 0) is 4.79 Å². The summed E-state index contributed by atoms with van der Waals surface area (Å²) in [4.78, 5) is 13.8. The second-order valence-corrected chi connectivity index (χ2v) is 5.58. The summed E-state index contributed by atoms with van der Waals surface area (Å²) in [6.07, 6.45) is 6.98. The first-order valence-corrected chi connectivity index (χ1v) is 7.20. The van der Waals surface area contributed by atoms with Gasteiger partial charge < -0.3 is 15.3 Å². The number of hydrogen-bond acceptors (Lipinski definition) is 3. The minimum atomic E-state index is -0.801. The third kappa shape index (κ3) is 3.95. The molecule has 0 aromatic carbocycles. The Hall–Kier alpha value is -0.610. The smallest absolute Gasteiger partial charge is 0.323 e. The molecule has 4 nitrogen and oxygen atoms in total. The van der Waals surface area contributed by atoms with E-state index in [2.05, 4.69) is 17.1 Å². The molecule has 0 bridgehead atoms. The lowest BCUT2D eigenvalue weighted by atomic mass is 9.97. The molecule has 1 aliphatic rings. The summed E-state index contributed by atoms with van der Waals surface area (Å²) < 4.78 is 0. The van der Waals surface area contributed by atoms with E-state index in [4.69, 9.17) is 0 Å². The van der Waals surface area contributed by atoms with Crippen LogP contribution in [0.3, 0.4) is 0 Å². The molecule has 1 aliphatic heterocycles. The fraction of sp³-hybridized carbons (Fsp3) is 0.929. The minimum Gasteiger partial charge on any atom is -0.480 e. The molecule has 1 saturated heterocycles. The average Bonchev–Trinajstić information content (AvgIpc) is 2.60. The molecule has 1 heterocycles. The Morgan fingerprint density at radius 2 is 2.17 bits per heavy atom. The number of rotatable bonds is 6. The average molecular weight is 256 g/mol. The maximum atomic E-state index is 11.3. The predicted octanol–water partition coefficient (Wildman–Crippen LogP) is 2.09. The number of nitrogens with one attached hydrogen (secondary N) is 1. The summed E-state index contributed by atoms with van der Waals surface area (Å²) in [5.41, 5.74) is -0.801. The maximum absolute atomic E-state index is 11.3. The Kier molecular flexibility index (Phi) is 6.09. The van der Waals surface area contributed by atoms with E-state index in [0.717, 1.165) is 13.1 Å². The topological polar surface area (TPSA) is 52.6 Å². The standard InChI is InChI=1S/C14H28N2O2/c1-4-12-8-6-5-7-10-16(12)11-9-14(2,15-3)13(17)18/h12,15H,4-11H2,1-3H3,(H,17,18). The van der Waals surface area contributed by atoms with E-state index < -0.39 is 11.5 Å². The summed E-state index contributed by atoms with van der Waals surface area (Å²) in [7, 11) is 1.73. The highest BCUT2D eigenvalue weighted by molar-refractivity contribution is 5.78. The molecular weight excluding hydrogens is 228 g/mol. The minimum absolute atomic E-state index is 0.641. The zero-order valence-electron chi connectivity index (χ0n) is 12.0. The van der Waals surface area contributed by atoms with Gasteiger partial charge in [-0.25, -0.2) is 0 Å². The van der Waals surface area contributed by atoms with Crippen molar-refractivity contribution >= 4 is 5.97 Å². The molecule has 0 radical (unpaired) electrons. The van der Waals surface area contributed by atoms with Gasteiger partial charge in [0.25, 0.3) is 0 Å². The van der Waals surface area contributed by atoms with Gasteiger partial charge in [-0.3, -0.25) is 4.79 Å². The van der Waals surface area contributed by atoms with E-state index >= 15 is 0 Å². The molecule has 0 saturated carbocycles. The van der Waals surface area contributed by atoms with Gasteiger partial charge in [0.05, 0.1) is 0 Å². The molecule has 106 valence electrons. The molecule has 1 rings (SSSR count). The number of hydrogen-bond donors (Lipinski definition) is 2. The van der Waals surface area contributed by atoms with E-state index in [1.54, 1.807) is 14.0 Å². The van der Waals surface area contributed by atoms with Crippen molar-refractivity contribution in [2.75, 3.05) is 20.1 Å². The van der Waals surface area contributed by atoms with E-state index in [9.17, 15) is 9.90 Å². The molecule has 18 heavy (non-hydrogen) atoms. The van der Waals surface area contributed by atoms with Crippen molar-refractivity contribution in [3.8, 4) is 0 Å². The first kappa shape index (κ1) is 15.4. The fourth-order valence-electron chi connectivity index (χ4n) is 2.70. The largest absolute Gasteiger partial charge is 0.480 e. The number of aliphatic carboxylic acids is 1. The Labute approximate surface area is 111 Å². The molecule has 2 N–H and O–H groups in total. The van der Waals surface area contributed by atoms with Crippen LogP contribution < -0.4 is 5.32 Å². The number of likely N-dealkylation sites (N-methyl/N-ethyl adjacent to an activating group) is 1. The van der Waals surface area contributed by atoms with Gasteiger partial charge in [-0.05, 0) is 46.2 Å². The van der Waals surface area contributed by atoms with Crippen molar-refractivity contribution in [3.63, 3.8) is 0 Å². The summed E-state index contributed by atoms with van der Waals surface area (Å²) >= 11 is 0. The highest BCUT2D eigenvalue weighted by Gasteiger charge is 2.32. The van der Waals surface area contributed by atoms with Crippen LogP contribution in [0.2, 0.25) is 0 Å². The number of carboxylic acids is 1. The van der Waals surface area contributed by atoms with Crippen molar-refractivity contribution in [1.29, 1.82) is 0 Å². The van der Waals surface area contributed by atoms with E-state index in [1.807, 2.05) is 0 Å². The molecule has 0 aromatic heterocycles. The summed E-state index contributed by atoms with van der Waals surface area (Å²) in [5.74, 6) is -0.757. The SMILES string of the molecule is CCC1CCCCCN1CCC(C)(NC)C(=O)O. The second-order valence-electron chi connectivity index (χ2n) is 5.58. The summed E-state index contributed by atoms with van der Waals surface area (Å²) in [5, 5.41) is 12.2. The maximum Gasteiger partial charge on any atom is 0.323 e. The van der Waals surface area contributed by atoms with Crippen molar-refractivity contribution in [1.82, 2.24) is 10.2 Å². The van der Waals surface area contributed by atoms with Crippen LogP contribution in [0.1, 0.15) is 52.4 Å². The Balaban J connectivity index is 2.56. The predicted molar refractivity (Wildman–Crippen MR) is 73.8 cm³/mol. The number of likely N-dealkylation sites (tertiary alicyclic amines) is 1. The van der Waals surface area contributed by atoms with Gasteiger partial charge in [0.2, 0.25) is 0 Å². The molecule has 0 spiro atoms. The van der Waals surface area contributed by atoms with Crippen LogP contribution in [0.5, 0.6) is 0 Å². The highest BCUT2D eigenvalue weighted by atomic mass is 16.4. The van der Waals surface area contributed by atoms with Gasteiger partial charge in [0.1, 0.15) is 5.54 Å². The molecule has 0 aromatic rings. The van der Waals surface area contributed by atoms with E-state index in [-0.39, 0.29) is 0 Å². The molecule has 2 unspecified atom stereocenters. The fourth-order valence-corrected chi connectivity index (χ4v) is 2.70. The van der Waals surface area contributed by atoms with Crippen molar-refractivity contribution in [2.24, 2.45) is 0 Å². The number of nitrogens with zero attached hydrogens (tertiary/aromatic N) is 1. The van der Waals surface area contributed by atoms with Gasteiger partial charge >= 0.3 is 5.97 Å². The zero-order valence-corrected chi connectivity index (χ0v) is 12.0. The van der Waals surface area contributed by atoms with Gasteiger partial charge in [0.15, 0.2) is 0 Å². The van der Waals surface area contributed by atoms with Crippen LogP contribution >= 0.6 is 0 Å². The van der Waals surface area contributed by atoms with Crippen LogP contribution in [-0.4, -0.2) is 47.7 Å². The summed E-state index contributed by atoms with van der Waals surface area (Å²) in [6.45, 7) is 6.01. The third-order valence-electron chi connectivity index (χ3n) is 4.39. The van der Waals surface area contributed by atoms with Crippen LogP contribution in [0.4, 0.5) is 0 Å². The Morgan fingerprint density at radius 1 is 1.44 bits per heavy atom. The second kappa shape index (κ2) is 7.10. The van der Waals surface area contributed by atoms with Crippen molar-refractivity contribution in [2.45, 2.75) is 64.0 Å². The lowest BCUT2D eigenvalue weighted by molar-refractivity contribution is -0.144. The highest BCUT2D eigenvalue weighted by Crippen LogP contribution is 2.21. The molecule has 4 heteroatoms. The number of carboxylic acid groups (broad SMARTS) is 1. The monoisotopic (exact) mass is 256 g/mol. The van der Waals surface area contributed by atoms with E-state index in [0.29, 0.717) is 12.5 Å². The molecule has 0 amide bonds. The van der Waals surface area contributed by atoms with Crippen molar-refractivity contribution < 1.29 is 9.90 Å². The van der Waals surface area contributed by atoms with Crippen LogP contribution in [0, 0.1) is 0 Å². The molecular formula is C14H28N2O2. The normalized spacial score (nSPS) is 25.4. The van der Waals surface area contributed by atoms with Crippen LogP contribution in [0.15, 0.2) is 0 Å². The Morgan fingerprint density at radius 3 is 2.72 bits per heavy atom. The Bertz CT molecular complexity index is 271. The van der Waals surface area contributed by atoms with Gasteiger partial charge in [-0.15, -0.1) is 0 Å². The summed E-state index contributed by atoms with van der Waals surface area (Å²) in [6, 6.07) is 0.641. The first-order valence-electron chi connectivity index (χ1n) is 7.20. The van der Waals surface area contributed by atoms with Crippen molar-refractivity contribution in [3.05, 3.63) is 0 Å². The van der Waals surface area contributed by atoms with Gasteiger partial charge in [-0.1, -0.05) is 19.8 Å². The quantitative estimate of drug-likeness (QED) is 0.764. The molecule has 2 atom stereocenters. The third-order valence-corrected chi connectivity index (χ3v) is 4.39. The zero-order chi connectivity index (χ0) is 13.6. The molecule has 0 aliphatic carbocycles. The molecule has 1 fully saturated rings. The van der Waals surface area contributed by atoms with Gasteiger partial charge in [-0.2, -0.15) is 0 Å². The first-order chi connectivity index (χ1) is 8.53. The number of carbonyl (C=O) groups is 1. The lowest BCUT2D eigenvalue weighted by Gasteiger charge is -2.32. The van der Waals surface area contributed by atoms with E-state index in [1.165, 1.54) is 32.1 Å². The lowest BCUT2D eigenvalue weighted by Crippen LogP contribution is -2.50. The van der Waals surface area contributed by atoms with Crippen LogP contribution in [0.25, 0.3) is 0 Å².